The molecular weight excluding hydrogens is 376 g/mol. The van der Waals surface area contributed by atoms with Crippen LogP contribution >= 0.6 is 0 Å². The fraction of sp³-hybridized carbons (Fsp3) is 0.500. The number of carbonyl (C=O) groups excluding carboxylic acids is 3. The molecule has 152 valence electrons. The van der Waals surface area contributed by atoms with Crippen molar-refractivity contribution in [2.24, 2.45) is 5.92 Å². The lowest BCUT2D eigenvalue weighted by Gasteiger charge is -2.22. The summed E-state index contributed by atoms with van der Waals surface area (Å²) in [6.07, 6.45) is -2.56. The molecule has 10 heteroatoms. The van der Waals surface area contributed by atoms with Crippen molar-refractivity contribution < 1.29 is 32.6 Å². The average Bonchev–Trinajstić information content (AvgIpc) is 3.00. The summed E-state index contributed by atoms with van der Waals surface area (Å²) in [6.45, 7) is 5.16. The number of rotatable bonds is 6. The first-order chi connectivity index (χ1) is 13.0. The van der Waals surface area contributed by atoms with Crippen LogP contribution in [0.15, 0.2) is 18.2 Å². The monoisotopic (exact) mass is 397 g/mol. The molecule has 0 radical (unpaired) electrons. The van der Waals surface area contributed by atoms with Crippen molar-refractivity contribution in [3.63, 3.8) is 0 Å². The lowest BCUT2D eigenvalue weighted by molar-refractivity contribution is -0.286. The SMILES string of the molecule is CC(C)CCC1(C)NC(=O)N(CC(=O)Nc2ccc3c(c2)OC(F)(F)O3)C1=O. The Morgan fingerprint density at radius 1 is 1.25 bits per heavy atom. The van der Waals surface area contributed by atoms with Gasteiger partial charge in [-0.1, -0.05) is 13.8 Å². The van der Waals surface area contributed by atoms with E-state index < -0.39 is 36.2 Å². The maximum Gasteiger partial charge on any atom is 0.586 e. The number of hydrogen-bond donors (Lipinski definition) is 2. The van der Waals surface area contributed by atoms with Crippen molar-refractivity contribution in [2.45, 2.75) is 45.4 Å². The number of amides is 4. The molecule has 0 aromatic heterocycles. The summed E-state index contributed by atoms with van der Waals surface area (Å²) >= 11 is 0. The molecule has 0 aliphatic carbocycles. The number of alkyl halides is 2. The maximum atomic E-state index is 13.1. The number of nitrogens with zero attached hydrogens (tertiary/aromatic N) is 1. The van der Waals surface area contributed by atoms with Gasteiger partial charge in [-0.15, -0.1) is 8.78 Å². The van der Waals surface area contributed by atoms with E-state index >= 15 is 0 Å². The lowest BCUT2D eigenvalue weighted by Crippen LogP contribution is -2.44. The zero-order valence-electron chi connectivity index (χ0n) is 15.7. The summed E-state index contributed by atoms with van der Waals surface area (Å²) in [4.78, 5) is 37.9. The van der Waals surface area contributed by atoms with Gasteiger partial charge >= 0.3 is 12.3 Å². The minimum absolute atomic E-state index is 0.155. The molecule has 1 unspecified atom stereocenters. The van der Waals surface area contributed by atoms with Crippen LogP contribution in [-0.4, -0.2) is 41.1 Å². The van der Waals surface area contributed by atoms with Crippen molar-refractivity contribution in [3.05, 3.63) is 18.2 Å². The third kappa shape index (κ3) is 4.00. The Bertz CT molecular complexity index is 829. The van der Waals surface area contributed by atoms with Crippen molar-refractivity contribution >= 4 is 23.5 Å². The van der Waals surface area contributed by atoms with Gasteiger partial charge in [-0.3, -0.25) is 14.5 Å². The van der Waals surface area contributed by atoms with E-state index in [1.54, 1.807) is 6.92 Å². The average molecular weight is 397 g/mol. The van der Waals surface area contributed by atoms with Crippen LogP contribution in [0.4, 0.5) is 19.3 Å². The maximum absolute atomic E-state index is 13.1. The molecule has 2 N–H and O–H groups in total. The van der Waals surface area contributed by atoms with Crippen molar-refractivity contribution in [2.75, 3.05) is 11.9 Å². The molecule has 2 aliphatic heterocycles. The highest BCUT2D eigenvalue weighted by molar-refractivity contribution is 6.09. The Morgan fingerprint density at radius 2 is 1.93 bits per heavy atom. The van der Waals surface area contributed by atoms with E-state index in [0.29, 0.717) is 12.3 Å². The van der Waals surface area contributed by atoms with E-state index in [0.717, 1.165) is 11.3 Å². The van der Waals surface area contributed by atoms with E-state index in [9.17, 15) is 23.2 Å². The van der Waals surface area contributed by atoms with E-state index in [1.807, 2.05) is 13.8 Å². The number of benzene rings is 1. The molecule has 8 nitrogen and oxygen atoms in total. The summed E-state index contributed by atoms with van der Waals surface area (Å²) in [5.74, 6) is -1.14. The third-order valence-electron chi connectivity index (χ3n) is 4.55. The van der Waals surface area contributed by atoms with Gasteiger partial charge in [-0.25, -0.2) is 4.79 Å². The first-order valence-electron chi connectivity index (χ1n) is 8.83. The van der Waals surface area contributed by atoms with E-state index in [4.69, 9.17) is 0 Å². The second-order valence-corrected chi connectivity index (χ2v) is 7.46. The first-order valence-corrected chi connectivity index (χ1v) is 8.83. The zero-order valence-corrected chi connectivity index (χ0v) is 15.7. The van der Waals surface area contributed by atoms with Gasteiger partial charge in [-0.2, -0.15) is 0 Å². The van der Waals surface area contributed by atoms with Crippen LogP contribution in [-0.2, 0) is 9.59 Å². The minimum atomic E-state index is -3.76. The van der Waals surface area contributed by atoms with Gasteiger partial charge in [0.25, 0.3) is 5.91 Å². The molecule has 3 rings (SSSR count). The standard InChI is InChI=1S/C18H21F2N3O5/c1-10(2)6-7-17(3)15(25)23(16(26)22-17)9-14(24)21-11-4-5-12-13(8-11)28-18(19,20)27-12/h4-5,8,10H,6-7,9H2,1-3H3,(H,21,24)(H,22,26). The predicted octanol–water partition coefficient (Wildman–Crippen LogP) is 2.69. The minimum Gasteiger partial charge on any atom is -0.395 e. The Kier molecular flexibility index (Phi) is 4.90. The van der Waals surface area contributed by atoms with Crippen LogP contribution in [0.25, 0.3) is 0 Å². The van der Waals surface area contributed by atoms with Gasteiger partial charge in [0.15, 0.2) is 11.5 Å². The summed E-state index contributed by atoms with van der Waals surface area (Å²) in [5, 5.41) is 5.09. The molecule has 1 aromatic carbocycles. The topological polar surface area (TPSA) is 97.0 Å². The quantitative estimate of drug-likeness (QED) is 0.720. The highest BCUT2D eigenvalue weighted by Gasteiger charge is 2.48. The van der Waals surface area contributed by atoms with Gasteiger partial charge in [0.2, 0.25) is 5.91 Å². The first kappa shape index (κ1) is 19.8. The highest BCUT2D eigenvalue weighted by Crippen LogP contribution is 2.42. The number of urea groups is 1. The van der Waals surface area contributed by atoms with Gasteiger partial charge in [0.05, 0.1) is 0 Å². The van der Waals surface area contributed by atoms with Crippen molar-refractivity contribution in [1.29, 1.82) is 0 Å². The van der Waals surface area contributed by atoms with Gasteiger partial charge < -0.3 is 20.1 Å². The molecule has 1 saturated heterocycles. The Balaban J connectivity index is 1.62. The molecule has 0 saturated carbocycles. The van der Waals surface area contributed by atoms with Crippen LogP contribution in [0.5, 0.6) is 11.5 Å². The molecule has 0 spiro atoms. The van der Waals surface area contributed by atoms with E-state index in [-0.39, 0.29) is 17.2 Å². The van der Waals surface area contributed by atoms with Gasteiger partial charge in [0.1, 0.15) is 12.1 Å². The largest absolute Gasteiger partial charge is 0.586 e. The molecule has 0 bridgehead atoms. The number of fused-ring (bicyclic) bond motifs is 1. The van der Waals surface area contributed by atoms with Crippen molar-refractivity contribution in [3.8, 4) is 11.5 Å². The fourth-order valence-corrected chi connectivity index (χ4v) is 3.01. The molecule has 28 heavy (non-hydrogen) atoms. The summed E-state index contributed by atoms with van der Waals surface area (Å²) in [5.41, 5.74) is -0.883. The van der Waals surface area contributed by atoms with Crippen LogP contribution < -0.4 is 20.1 Å². The second-order valence-electron chi connectivity index (χ2n) is 7.46. The van der Waals surface area contributed by atoms with Crippen LogP contribution in [0.3, 0.4) is 0 Å². The third-order valence-corrected chi connectivity index (χ3v) is 4.55. The molecule has 1 fully saturated rings. The Labute approximate surface area is 160 Å². The number of hydrogen-bond acceptors (Lipinski definition) is 5. The molecule has 1 atom stereocenters. The number of anilines is 1. The highest BCUT2D eigenvalue weighted by atomic mass is 19.3. The predicted molar refractivity (Wildman–Crippen MR) is 94.0 cm³/mol. The molecular formula is C18H21F2N3O5. The van der Waals surface area contributed by atoms with E-state index in [2.05, 4.69) is 20.1 Å². The van der Waals surface area contributed by atoms with Gasteiger partial charge in [0, 0.05) is 11.8 Å². The van der Waals surface area contributed by atoms with Gasteiger partial charge in [-0.05, 0) is 37.8 Å². The second kappa shape index (κ2) is 6.92. The Morgan fingerprint density at radius 3 is 2.61 bits per heavy atom. The van der Waals surface area contributed by atoms with Crippen LogP contribution in [0.2, 0.25) is 0 Å². The lowest BCUT2D eigenvalue weighted by atomic mass is 9.92. The molecule has 2 heterocycles. The van der Waals surface area contributed by atoms with Crippen LogP contribution in [0.1, 0.15) is 33.6 Å². The summed E-state index contributed by atoms with van der Waals surface area (Å²) in [7, 11) is 0. The number of ether oxygens (including phenoxy) is 2. The molecule has 2 aliphatic rings. The number of nitrogens with one attached hydrogen (secondary N) is 2. The molecule has 4 amide bonds. The smallest absolute Gasteiger partial charge is 0.395 e. The summed E-state index contributed by atoms with van der Waals surface area (Å²) < 4.78 is 34.7. The fourth-order valence-electron chi connectivity index (χ4n) is 3.01. The Hall–Kier alpha value is -2.91. The number of imide groups is 1. The number of carbonyl (C=O) groups is 3. The van der Waals surface area contributed by atoms with Crippen molar-refractivity contribution in [1.82, 2.24) is 10.2 Å². The normalized spacial score (nSPS) is 22.6. The zero-order chi connectivity index (χ0) is 20.7. The van der Waals surface area contributed by atoms with E-state index in [1.165, 1.54) is 18.2 Å². The summed E-state index contributed by atoms with van der Waals surface area (Å²) in [6, 6.07) is 3.10. The molecule has 1 aromatic rings. The van der Waals surface area contributed by atoms with Crippen LogP contribution in [0, 0.1) is 5.92 Å². The number of halogens is 2.